The molecule has 63 heavy (non-hydrogen) atoms. The molecule has 0 N–H and O–H groups in total. The van der Waals surface area contributed by atoms with Gasteiger partial charge in [-0.05, 0) is 117 Å². The van der Waals surface area contributed by atoms with Crippen LogP contribution in [0.15, 0.2) is 146 Å². The summed E-state index contributed by atoms with van der Waals surface area (Å²) in [6.07, 6.45) is 1.94. The van der Waals surface area contributed by atoms with Gasteiger partial charge in [0.05, 0.1) is 30.5 Å². The second-order valence-electron chi connectivity index (χ2n) is 21.6. The second-order valence-corrected chi connectivity index (χ2v) is 26.7. The number of rotatable bonds is 7. The number of benzene rings is 6. The van der Waals surface area contributed by atoms with E-state index in [9.17, 15) is 0 Å². The molecule has 0 fully saturated rings. The third kappa shape index (κ3) is 8.18. The molecule has 0 aliphatic carbocycles. The Kier molecular flexibility index (Phi) is 10.3. The average Bonchev–Trinajstić information content (AvgIpc) is 3.78. The predicted octanol–water partition coefficient (Wildman–Crippen LogP) is 15.3. The standard InChI is InChI=1S/C57H62N4OSi/c1-55(2,3)40-27-28-58-54(34-40)61-50-26-23-39(38-17-15-20-47(29-38)63(10,11)12)30-49(50)48-25-24-46(36-53(48)61)62-45-19-16-18-43(35-45)59-37-60(52-22-14-13-21-51(52)59)44-32-41(56(4,5)6)31-42(33-44)57(7,8)9/h13-36H,37H2,1-12H3. The van der Waals surface area contributed by atoms with Crippen LogP contribution in [-0.2, 0) is 16.2 Å². The van der Waals surface area contributed by atoms with Crippen LogP contribution in [-0.4, -0.2) is 24.3 Å². The molecule has 0 atom stereocenters. The number of pyridine rings is 1. The molecule has 320 valence electrons. The first-order chi connectivity index (χ1) is 29.7. The maximum atomic E-state index is 6.83. The Hall–Kier alpha value is -6.11. The van der Waals surface area contributed by atoms with Crippen molar-refractivity contribution in [1.82, 2.24) is 9.55 Å². The van der Waals surface area contributed by atoms with E-state index >= 15 is 0 Å². The van der Waals surface area contributed by atoms with Crippen molar-refractivity contribution in [2.75, 3.05) is 16.5 Å². The van der Waals surface area contributed by atoms with Crippen molar-refractivity contribution in [3.05, 3.63) is 162 Å². The number of hydrogen-bond donors (Lipinski definition) is 0. The number of para-hydroxylation sites is 2. The molecule has 3 heterocycles. The maximum Gasteiger partial charge on any atom is 0.137 e. The second kappa shape index (κ2) is 15.3. The van der Waals surface area contributed by atoms with Crippen LogP contribution in [0.1, 0.15) is 79.0 Å². The third-order valence-corrected chi connectivity index (χ3v) is 14.8. The SMILES string of the molecule is CC(C)(C)c1cc(N2CN(c3cccc(Oc4ccc5c6cc(-c7cccc([Si](C)(C)C)c7)ccc6n(-c6cc(C(C)(C)C)ccn6)c5c4)c3)c3ccccc32)cc(C(C)(C)C)c1. The van der Waals surface area contributed by atoms with Gasteiger partial charge in [-0.3, -0.25) is 4.57 Å². The van der Waals surface area contributed by atoms with E-state index in [0.29, 0.717) is 6.67 Å². The molecule has 6 aromatic carbocycles. The number of nitrogens with zero attached hydrogens (tertiary/aromatic N) is 4. The molecule has 0 amide bonds. The van der Waals surface area contributed by atoms with Crippen LogP contribution in [0, 0.1) is 0 Å². The van der Waals surface area contributed by atoms with E-state index in [1.807, 2.05) is 6.20 Å². The molecule has 0 bridgehead atoms. The van der Waals surface area contributed by atoms with Crippen molar-refractivity contribution >= 4 is 57.8 Å². The molecule has 0 spiro atoms. The summed E-state index contributed by atoms with van der Waals surface area (Å²) in [6.45, 7) is 28.5. The molecule has 0 unspecified atom stereocenters. The highest BCUT2D eigenvalue weighted by Gasteiger charge is 2.30. The lowest BCUT2D eigenvalue weighted by atomic mass is 9.80. The zero-order valence-corrected chi connectivity index (χ0v) is 40.3. The maximum absolute atomic E-state index is 6.83. The number of aromatic nitrogens is 2. The molecule has 1 aliphatic heterocycles. The van der Waals surface area contributed by atoms with E-state index in [2.05, 4.69) is 236 Å². The Labute approximate surface area is 376 Å². The van der Waals surface area contributed by atoms with E-state index in [0.717, 1.165) is 39.4 Å². The van der Waals surface area contributed by atoms with Crippen molar-refractivity contribution in [2.45, 2.75) is 98.2 Å². The van der Waals surface area contributed by atoms with E-state index in [1.54, 1.807) is 0 Å². The van der Waals surface area contributed by atoms with Crippen molar-refractivity contribution < 1.29 is 4.74 Å². The Bertz CT molecular complexity index is 2990. The molecule has 0 saturated carbocycles. The van der Waals surface area contributed by atoms with Crippen LogP contribution in [0.25, 0.3) is 38.8 Å². The Morgan fingerprint density at radius 2 is 1.13 bits per heavy atom. The van der Waals surface area contributed by atoms with Gasteiger partial charge in [-0.25, -0.2) is 4.98 Å². The van der Waals surface area contributed by atoms with Gasteiger partial charge in [-0.1, -0.05) is 142 Å². The van der Waals surface area contributed by atoms with Gasteiger partial charge in [0.15, 0.2) is 0 Å². The van der Waals surface area contributed by atoms with Crippen LogP contribution in [0.4, 0.5) is 22.7 Å². The smallest absolute Gasteiger partial charge is 0.137 e. The largest absolute Gasteiger partial charge is 0.457 e. The molecular weight excluding hydrogens is 785 g/mol. The highest BCUT2D eigenvalue weighted by Crippen LogP contribution is 2.47. The summed E-state index contributed by atoms with van der Waals surface area (Å²) in [5.41, 5.74) is 13.3. The van der Waals surface area contributed by atoms with Gasteiger partial charge in [0.2, 0.25) is 0 Å². The highest BCUT2D eigenvalue weighted by molar-refractivity contribution is 6.88. The van der Waals surface area contributed by atoms with Gasteiger partial charge in [0, 0.05) is 40.5 Å². The monoisotopic (exact) mass is 846 g/mol. The van der Waals surface area contributed by atoms with Gasteiger partial charge in [-0.2, -0.15) is 0 Å². The molecule has 0 radical (unpaired) electrons. The van der Waals surface area contributed by atoms with Gasteiger partial charge < -0.3 is 14.5 Å². The first-order valence-corrected chi connectivity index (χ1v) is 26.0. The van der Waals surface area contributed by atoms with Crippen molar-refractivity contribution in [3.63, 3.8) is 0 Å². The van der Waals surface area contributed by atoms with Crippen LogP contribution in [0.5, 0.6) is 11.5 Å². The molecule has 0 saturated heterocycles. The van der Waals surface area contributed by atoms with Crippen LogP contribution >= 0.6 is 0 Å². The molecule has 2 aromatic heterocycles. The Morgan fingerprint density at radius 3 is 1.79 bits per heavy atom. The number of fused-ring (bicyclic) bond motifs is 4. The number of hydrogen-bond acceptors (Lipinski definition) is 4. The molecule has 1 aliphatic rings. The van der Waals surface area contributed by atoms with Gasteiger partial charge in [-0.15, -0.1) is 0 Å². The lowest BCUT2D eigenvalue weighted by Crippen LogP contribution is -2.37. The zero-order valence-electron chi connectivity index (χ0n) is 39.3. The van der Waals surface area contributed by atoms with Crippen LogP contribution in [0.2, 0.25) is 19.6 Å². The zero-order chi connectivity index (χ0) is 44.6. The Balaban J connectivity index is 1.10. The van der Waals surface area contributed by atoms with Gasteiger partial charge in [0.25, 0.3) is 0 Å². The van der Waals surface area contributed by atoms with Crippen LogP contribution in [0.3, 0.4) is 0 Å². The summed E-state index contributed by atoms with van der Waals surface area (Å²) >= 11 is 0. The highest BCUT2D eigenvalue weighted by atomic mass is 28.3. The van der Waals surface area contributed by atoms with Crippen molar-refractivity contribution in [3.8, 4) is 28.4 Å². The summed E-state index contributed by atoms with van der Waals surface area (Å²) < 4.78 is 9.13. The van der Waals surface area contributed by atoms with Gasteiger partial charge >= 0.3 is 0 Å². The third-order valence-electron chi connectivity index (χ3n) is 12.7. The first kappa shape index (κ1) is 42.2. The molecular formula is C57H62N4OSi. The summed E-state index contributed by atoms with van der Waals surface area (Å²) in [7, 11) is -1.49. The van der Waals surface area contributed by atoms with Crippen molar-refractivity contribution in [2.24, 2.45) is 0 Å². The topological polar surface area (TPSA) is 33.5 Å². The van der Waals surface area contributed by atoms with E-state index in [4.69, 9.17) is 9.72 Å². The minimum atomic E-state index is -1.49. The van der Waals surface area contributed by atoms with Crippen molar-refractivity contribution in [1.29, 1.82) is 0 Å². The fraction of sp³-hybridized carbons (Fsp3) is 0.281. The summed E-state index contributed by atoms with van der Waals surface area (Å²) in [5, 5.41) is 3.82. The van der Waals surface area contributed by atoms with E-state index in [-0.39, 0.29) is 16.2 Å². The summed E-state index contributed by atoms with van der Waals surface area (Å²) in [6, 6.07) is 51.3. The average molecular weight is 847 g/mol. The Morgan fingerprint density at radius 1 is 0.492 bits per heavy atom. The number of ether oxygens (including phenoxy) is 1. The summed E-state index contributed by atoms with van der Waals surface area (Å²) in [4.78, 5) is 9.83. The quantitative estimate of drug-likeness (QED) is 0.150. The fourth-order valence-electron chi connectivity index (χ4n) is 8.80. The molecule has 5 nitrogen and oxygen atoms in total. The lowest BCUT2D eigenvalue weighted by Gasteiger charge is -2.29. The fourth-order valence-corrected chi connectivity index (χ4v) is 9.99. The number of anilines is 4. The lowest BCUT2D eigenvalue weighted by molar-refractivity contribution is 0.483. The summed E-state index contributed by atoms with van der Waals surface area (Å²) in [5.74, 6) is 2.46. The molecule has 6 heteroatoms. The minimum absolute atomic E-state index is 0.0215. The van der Waals surface area contributed by atoms with E-state index < -0.39 is 8.07 Å². The van der Waals surface area contributed by atoms with Crippen LogP contribution < -0.4 is 19.7 Å². The molecule has 8 aromatic rings. The predicted molar refractivity (Wildman–Crippen MR) is 272 cm³/mol. The molecule has 9 rings (SSSR count). The minimum Gasteiger partial charge on any atom is -0.457 e. The normalized spacial score (nSPS) is 13.6. The van der Waals surface area contributed by atoms with Gasteiger partial charge in [0.1, 0.15) is 24.0 Å². The first-order valence-electron chi connectivity index (χ1n) is 22.5. The van der Waals surface area contributed by atoms with E-state index in [1.165, 1.54) is 55.5 Å².